The lowest BCUT2D eigenvalue weighted by Gasteiger charge is -2.08. The van der Waals surface area contributed by atoms with E-state index >= 15 is 0 Å². The molecule has 3 rings (SSSR count). The summed E-state index contributed by atoms with van der Waals surface area (Å²) in [5, 5.41) is 0. The molecule has 23 heavy (non-hydrogen) atoms. The number of carbonyl (C=O) groups excluding carboxylic acids is 1. The lowest BCUT2D eigenvalue weighted by atomic mass is 10.2. The highest BCUT2D eigenvalue weighted by Gasteiger charge is 2.07. The molecule has 3 aromatic rings. The van der Waals surface area contributed by atoms with Crippen LogP contribution in [0, 0.1) is 0 Å². The number of nitrogens with zero attached hydrogens (tertiary/aromatic N) is 2. The zero-order valence-electron chi connectivity index (χ0n) is 12.7. The zero-order chi connectivity index (χ0) is 16.2. The maximum Gasteiger partial charge on any atom is 0.248 e. The number of ether oxygens (including phenoxy) is 2. The second kappa shape index (κ2) is 6.50. The summed E-state index contributed by atoms with van der Waals surface area (Å²) in [6.45, 7) is 1.02. The molecule has 0 saturated heterocycles. The SMILES string of the molecule is COCCOc1ccc2ncn(-c3ccc(C(N)=O)cc3)c2c1. The van der Waals surface area contributed by atoms with Gasteiger partial charge in [-0.15, -0.1) is 0 Å². The van der Waals surface area contributed by atoms with Gasteiger partial charge in [-0.2, -0.15) is 0 Å². The highest BCUT2D eigenvalue weighted by molar-refractivity contribution is 5.93. The van der Waals surface area contributed by atoms with Gasteiger partial charge in [0.1, 0.15) is 18.7 Å². The molecule has 0 atom stereocenters. The number of fused-ring (bicyclic) bond motifs is 1. The fourth-order valence-electron chi connectivity index (χ4n) is 2.31. The first-order chi connectivity index (χ1) is 11.2. The Labute approximate surface area is 133 Å². The summed E-state index contributed by atoms with van der Waals surface area (Å²) in [6.07, 6.45) is 1.74. The number of nitrogens with two attached hydrogens (primary N) is 1. The lowest BCUT2D eigenvalue weighted by molar-refractivity contribution is 0.100. The molecule has 6 heteroatoms. The highest BCUT2D eigenvalue weighted by Crippen LogP contribution is 2.23. The molecule has 0 radical (unpaired) electrons. The number of benzene rings is 2. The molecule has 0 aliphatic carbocycles. The molecule has 0 unspecified atom stereocenters. The molecule has 0 aliphatic rings. The van der Waals surface area contributed by atoms with E-state index in [0.29, 0.717) is 18.8 Å². The molecule has 1 aromatic heterocycles. The van der Waals surface area contributed by atoms with Crippen molar-refractivity contribution in [3.8, 4) is 11.4 Å². The Morgan fingerprint density at radius 3 is 2.65 bits per heavy atom. The number of hydrogen-bond donors (Lipinski definition) is 1. The van der Waals surface area contributed by atoms with E-state index in [-0.39, 0.29) is 0 Å². The smallest absolute Gasteiger partial charge is 0.248 e. The van der Waals surface area contributed by atoms with Gasteiger partial charge in [0, 0.05) is 24.4 Å². The van der Waals surface area contributed by atoms with E-state index in [4.69, 9.17) is 15.2 Å². The van der Waals surface area contributed by atoms with E-state index in [0.717, 1.165) is 22.5 Å². The number of carbonyl (C=O) groups is 1. The van der Waals surface area contributed by atoms with Crippen molar-refractivity contribution in [3.05, 3.63) is 54.4 Å². The number of hydrogen-bond acceptors (Lipinski definition) is 4. The summed E-state index contributed by atoms with van der Waals surface area (Å²) in [5.74, 6) is 0.311. The average molecular weight is 311 g/mol. The minimum absolute atomic E-state index is 0.444. The Hall–Kier alpha value is -2.86. The standard InChI is InChI=1S/C17H17N3O3/c1-22-8-9-23-14-6-7-15-16(10-14)20(11-19-15)13-4-2-12(3-5-13)17(18)21/h2-7,10-11H,8-9H2,1H3,(H2,18,21). The summed E-state index contributed by atoms with van der Waals surface area (Å²) in [5.41, 5.74) is 8.42. The number of amides is 1. The molecule has 2 N–H and O–H groups in total. The van der Waals surface area contributed by atoms with E-state index in [1.165, 1.54) is 0 Å². The van der Waals surface area contributed by atoms with Crippen LogP contribution < -0.4 is 10.5 Å². The van der Waals surface area contributed by atoms with E-state index in [2.05, 4.69) is 4.98 Å². The summed E-state index contributed by atoms with van der Waals surface area (Å²) < 4.78 is 12.6. The molecule has 0 saturated carbocycles. The minimum Gasteiger partial charge on any atom is -0.491 e. The van der Waals surface area contributed by atoms with Crippen molar-refractivity contribution >= 4 is 16.9 Å². The summed E-state index contributed by atoms with van der Waals surface area (Å²) in [6, 6.07) is 12.8. The fraction of sp³-hybridized carbons (Fsp3) is 0.176. The number of imidazole rings is 1. The summed E-state index contributed by atoms with van der Waals surface area (Å²) >= 11 is 0. The first-order valence-electron chi connectivity index (χ1n) is 7.18. The zero-order valence-corrected chi connectivity index (χ0v) is 12.7. The predicted octanol–water partition coefficient (Wildman–Crippen LogP) is 2.15. The Morgan fingerprint density at radius 2 is 1.96 bits per heavy atom. The van der Waals surface area contributed by atoms with E-state index in [1.807, 2.05) is 34.9 Å². The van der Waals surface area contributed by atoms with E-state index in [1.54, 1.807) is 25.6 Å². The van der Waals surface area contributed by atoms with Crippen LogP contribution >= 0.6 is 0 Å². The third-order valence-corrected chi connectivity index (χ3v) is 3.50. The molecule has 0 aliphatic heterocycles. The Morgan fingerprint density at radius 1 is 1.17 bits per heavy atom. The van der Waals surface area contributed by atoms with Gasteiger partial charge in [-0.05, 0) is 36.4 Å². The molecule has 1 heterocycles. The van der Waals surface area contributed by atoms with Gasteiger partial charge in [-0.25, -0.2) is 4.98 Å². The van der Waals surface area contributed by atoms with Crippen LogP contribution in [0.3, 0.4) is 0 Å². The van der Waals surface area contributed by atoms with Crippen LogP contribution in [0.5, 0.6) is 5.75 Å². The fourth-order valence-corrected chi connectivity index (χ4v) is 2.31. The minimum atomic E-state index is -0.444. The number of methoxy groups -OCH3 is 1. The van der Waals surface area contributed by atoms with Gasteiger partial charge in [0.05, 0.1) is 17.6 Å². The molecule has 0 fully saturated rings. The molecule has 6 nitrogen and oxygen atoms in total. The van der Waals surface area contributed by atoms with Gasteiger partial charge in [0.25, 0.3) is 0 Å². The second-order valence-corrected chi connectivity index (χ2v) is 5.02. The molecule has 0 bridgehead atoms. The van der Waals surface area contributed by atoms with Crippen molar-refractivity contribution in [2.75, 3.05) is 20.3 Å². The van der Waals surface area contributed by atoms with Gasteiger partial charge < -0.3 is 15.2 Å². The first-order valence-corrected chi connectivity index (χ1v) is 7.18. The van der Waals surface area contributed by atoms with Crippen LogP contribution in [0.2, 0.25) is 0 Å². The maximum absolute atomic E-state index is 11.2. The maximum atomic E-state index is 11.2. The molecule has 2 aromatic carbocycles. The van der Waals surface area contributed by atoms with Gasteiger partial charge in [-0.3, -0.25) is 9.36 Å². The lowest BCUT2D eigenvalue weighted by Crippen LogP contribution is -2.10. The average Bonchev–Trinajstić information content (AvgIpc) is 2.98. The van der Waals surface area contributed by atoms with Crippen LogP contribution in [0.25, 0.3) is 16.7 Å². The molecule has 1 amide bonds. The summed E-state index contributed by atoms with van der Waals surface area (Å²) in [7, 11) is 1.64. The van der Waals surface area contributed by atoms with Crippen molar-refractivity contribution in [2.45, 2.75) is 0 Å². The number of aromatic nitrogens is 2. The molecular formula is C17H17N3O3. The third-order valence-electron chi connectivity index (χ3n) is 3.50. The van der Waals surface area contributed by atoms with Crippen molar-refractivity contribution in [3.63, 3.8) is 0 Å². The van der Waals surface area contributed by atoms with Gasteiger partial charge in [0.15, 0.2) is 0 Å². The molecule has 0 spiro atoms. The van der Waals surface area contributed by atoms with Crippen molar-refractivity contribution in [1.29, 1.82) is 0 Å². The largest absolute Gasteiger partial charge is 0.491 e. The number of rotatable bonds is 6. The third kappa shape index (κ3) is 3.17. The van der Waals surface area contributed by atoms with Crippen LogP contribution in [0.15, 0.2) is 48.8 Å². The predicted molar refractivity (Wildman–Crippen MR) is 87.0 cm³/mol. The van der Waals surface area contributed by atoms with Crippen LogP contribution in [-0.2, 0) is 4.74 Å². The van der Waals surface area contributed by atoms with E-state index in [9.17, 15) is 4.79 Å². The van der Waals surface area contributed by atoms with Crippen molar-refractivity contribution in [2.24, 2.45) is 5.73 Å². The Kier molecular flexibility index (Phi) is 4.25. The second-order valence-electron chi connectivity index (χ2n) is 5.02. The molecular weight excluding hydrogens is 294 g/mol. The monoisotopic (exact) mass is 311 g/mol. The van der Waals surface area contributed by atoms with Crippen molar-refractivity contribution < 1.29 is 14.3 Å². The topological polar surface area (TPSA) is 79.4 Å². The number of primary amides is 1. The summed E-state index contributed by atoms with van der Waals surface area (Å²) in [4.78, 5) is 15.5. The first kappa shape index (κ1) is 15.1. The highest BCUT2D eigenvalue weighted by atomic mass is 16.5. The van der Waals surface area contributed by atoms with Crippen LogP contribution in [0.1, 0.15) is 10.4 Å². The Balaban J connectivity index is 1.93. The van der Waals surface area contributed by atoms with Crippen LogP contribution in [0.4, 0.5) is 0 Å². The van der Waals surface area contributed by atoms with E-state index < -0.39 is 5.91 Å². The van der Waals surface area contributed by atoms with Gasteiger partial charge in [0.2, 0.25) is 5.91 Å². The Bertz CT molecular complexity index is 825. The van der Waals surface area contributed by atoms with Gasteiger partial charge in [-0.1, -0.05) is 0 Å². The van der Waals surface area contributed by atoms with Crippen LogP contribution in [-0.4, -0.2) is 35.8 Å². The van der Waals surface area contributed by atoms with Gasteiger partial charge >= 0.3 is 0 Å². The van der Waals surface area contributed by atoms with Crippen molar-refractivity contribution in [1.82, 2.24) is 9.55 Å². The normalized spacial score (nSPS) is 10.8. The molecule has 118 valence electrons. The quantitative estimate of drug-likeness (QED) is 0.707.